The lowest BCUT2D eigenvalue weighted by molar-refractivity contribution is -0.141. The van der Waals surface area contributed by atoms with E-state index in [1.807, 2.05) is 31.9 Å². The van der Waals surface area contributed by atoms with Crippen molar-refractivity contribution in [2.75, 3.05) is 6.54 Å². The summed E-state index contributed by atoms with van der Waals surface area (Å²) in [4.78, 5) is 18.9. The molecule has 1 fully saturated rings. The highest BCUT2D eigenvalue weighted by atomic mass is 16.2. The zero-order valence-corrected chi connectivity index (χ0v) is 12.5. The maximum Gasteiger partial charge on any atom is 0.228 e. The van der Waals surface area contributed by atoms with Gasteiger partial charge in [-0.15, -0.1) is 6.42 Å². The summed E-state index contributed by atoms with van der Waals surface area (Å²) in [5.41, 5.74) is 2.93. The molecular formula is C17H20N2O. The monoisotopic (exact) mass is 268 g/mol. The summed E-state index contributed by atoms with van der Waals surface area (Å²) in [6.45, 7) is 8.94. The Labute approximate surface area is 120 Å². The smallest absolute Gasteiger partial charge is 0.228 e. The molecule has 0 saturated carbocycles. The van der Waals surface area contributed by atoms with Gasteiger partial charge in [-0.25, -0.2) is 0 Å². The van der Waals surface area contributed by atoms with Gasteiger partial charge in [-0.2, -0.15) is 0 Å². The first-order valence-electron chi connectivity index (χ1n) is 7.11. The number of amides is 1. The predicted molar refractivity (Wildman–Crippen MR) is 78.0 cm³/mol. The fraction of sp³-hybridized carbons (Fsp3) is 0.529. The van der Waals surface area contributed by atoms with Crippen LogP contribution in [0.2, 0.25) is 0 Å². The number of carbonyl (C=O) groups excluding carboxylic acids is 1. The van der Waals surface area contributed by atoms with Crippen LogP contribution >= 0.6 is 0 Å². The lowest BCUT2D eigenvalue weighted by Crippen LogP contribution is -2.42. The molecule has 2 aliphatic rings. The molecule has 1 amide bonds. The summed E-state index contributed by atoms with van der Waals surface area (Å²) in [6.07, 6.45) is 9.21. The topological polar surface area (TPSA) is 33.2 Å². The first-order valence-corrected chi connectivity index (χ1v) is 7.11. The van der Waals surface area contributed by atoms with Crippen LogP contribution in [0.4, 0.5) is 0 Å². The van der Waals surface area contributed by atoms with E-state index in [0.29, 0.717) is 11.8 Å². The van der Waals surface area contributed by atoms with Gasteiger partial charge >= 0.3 is 0 Å². The van der Waals surface area contributed by atoms with Crippen LogP contribution in [0.3, 0.4) is 0 Å². The van der Waals surface area contributed by atoms with Crippen LogP contribution in [-0.4, -0.2) is 22.3 Å². The van der Waals surface area contributed by atoms with E-state index in [-0.39, 0.29) is 17.4 Å². The second-order valence-corrected chi connectivity index (χ2v) is 6.99. The van der Waals surface area contributed by atoms with Crippen LogP contribution in [0.1, 0.15) is 56.3 Å². The summed E-state index contributed by atoms with van der Waals surface area (Å²) in [6, 6.07) is 0.174. The Morgan fingerprint density at radius 2 is 2.15 bits per heavy atom. The molecule has 1 aromatic heterocycles. The molecule has 0 bridgehead atoms. The number of rotatable bonds is 0. The van der Waals surface area contributed by atoms with E-state index in [2.05, 4.69) is 17.8 Å². The molecule has 3 atom stereocenters. The zero-order chi connectivity index (χ0) is 14.7. The molecule has 0 spiro atoms. The number of aromatic nitrogens is 1. The standard InChI is InChI=1S/C17H20N2O/c1-6-11-7-18-8-12-14(11)13-10(2)9-19(15(12)13)16(20)17(3,4)5/h1,7-8,10,13,15H,9H2,2-5H3/t10-,13?,15+/m0/s1. The Balaban J connectivity index is 2.03. The van der Waals surface area contributed by atoms with Crippen molar-refractivity contribution >= 4 is 5.91 Å². The van der Waals surface area contributed by atoms with E-state index < -0.39 is 0 Å². The van der Waals surface area contributed by atoms with Gasteiger partial charge in [0.25, 0.3) is 0 Å². The minimum absolute atomic E-state index is 0.174. The SMILES string of the molecule is C#Cc1cncc2c1C1[C@@H]2N(C(=O)C(C)(C)C)C[C@@H]1C. The minimum Gasteiger partial charge on any atom is -0.334 e. The first kappa shape index (κ1) is 13.2. The molecule has 2 heterocycles. The molecule has 3 nitrogen and oxygen atoms in total. The van der Waals surface area contributed by atoms with E-state index in [1.54, 1.807) is 6.20 Å². The van der Waals surface area contributed by atoms with Crippen molar-refractivity contribution < 1.29 is 4.79 Å². The molecule has 104 valence electrons. The summed E-state index contributed by atoms with van der Waals surface area (Å²) in [5.74, 6) is 3.78. The van der Waals surface area contributed by atoms with Crippen LogP contribution < -0.4 is 0 Å². The second kappa shape index (κ2) is 4.09. The highest BCUT2D eigenvalue weighted by Crippen LogP contribution is 2.58. The number of fused-ring (bicyclic) bond motifs is 4. The number of pyridine rings is 1. The highest BCUT2D eigenvalue weighted by Gasteiger charge is 2.53. The van der Waals surface area contributed by atoms with E-state index in [4.69, 9.17) is 6.42 Å². The van der Waals surface area contributed by atoms with Gasteiger partial charge in [0.05, 0.1) is 6.04 Å². The van der Waals surface area contributed by atoms with Gasteiger partial charge in [-0.3, -0.25) is 9.78 Å². The molecule has 1 unspecified atom stereocenters. The quantitative estimate of drug-likeness (QED) is 0.678. The van der Waals surface area contributed by atoms with E-state index in [9.17, 15) is 4.79 Å². The average molecular weight is 268 g/mol. The van der Waals surface area contributed by atoms with Gasteiger partial charge < -0.3 is 4.90 Å². The zero-order valence-electron chi connectivity index (χ0n) is 12.5. The lowest BCUT2D eigenvalue weighted by Gasteiger charge is -2.41. The normalized spacial score (nSPS) is 27.4. The predicted octanol–water partition coefficient (Wildman–Crippen LogP) is 2.73. The Morgan fingerprint density at radius 1 is 1.45 bits per heavy atom. The molecule has 20 heavy (non-hydrogen) atoms. The molecule has 3 rings (SSSR count). The number of hydrogen-bond acceptors (Lipinski definition) is 2. The van der Waals surface area contributed by atoms with Crippen LogP contribution in [-0.2, 0) is 4.79 Å². The van der Waals surface area contributed by atoms with Crippen LogP contribution in [0, 0.1) is 23.7 Å². The maximum atomic E-state index is 12.6. The Bertz CT molecular complexity index is 621. The summed E-state index contributed by atoms with van der Waals surface area (Å²) in [7, 11) is 0. The fourth-order valence-corrected chi connectivity index (χ4v) is 3.60. The van der Waals surface area contributed by atoms with E-state index in [0.717, 1.165) is 17.7 Å². The largest absolute Gasteiger partial charge is 0.334 e. The number of hydrogen-bond donors (Lipinski definition) is 0. The maximum absolute atomic E-state index is 12.6. The summed E-state index contributed by atoms with van der Waals surface area (Å²) in [5, 5.41) is 0. The van der Waals surface area contributed by atoms with Crippen molar-refractivity contribution in [1.29, 1.82) is 0 Å². The number of likely N-dealkylation sites (tertiary alicyclic amines) is 1. The Hall–Kier alpha value is -1.82. The average Bonchev–Trinajstić information content (AvgIpc) is 2.64. The van der Waals surface area contributed by atoms with Crippen molar-refractivity contribution in [3.05, 3.63) is 29.1 Å². The summed E-state index contributed by atoms with van der Waals surface area (Å²) >= 11 is 0. The van der Waals surface area contributed by atoms with Crippen molar-refractivity contribution in [1.82, 2.24) is 9.88 Å². The van der Waals surface area contributed by atoms with Crippen molar-refractivity contribution in [3.63, 3.8) is 0 Å². The van der Waals surface area contributed by atoms with Gasteiger partial charge in [0.1, 0.15) is 0 Å². The Kier molecular flexibility index (Phi) is 2.69. The number of nitrogens with zero attached hydrogens (tertiary/aromatic N) is 2. The third-order valence-electron chi connectivity index (χ3n) is 4.50. The number of carbonyl (C=O) groups is 1. The molecular weight excluding hydrogens is 248 g/mol. The van der Waals surface area contributed by atoms with Crippen LogP contribution in [0.5, 0.6) is 0 Å². The van der Waals surface area contributed by atoms with Gasteiger partial charge in [-0.1, -0.05) is 33.6 Å². The van der Waals surface area contributed by atoms with Gasteiger partial charge in [0.2, 0.25) is 5.91 Å². The molecule has 1 aromatic rings. The van der Waals surface area contributed by atoms with Crippen LogP contribution in [0.25, 0.3) is 0 Å². The van der Waals surface area contributed by atoms with Gasteiger partial charge in [0.15, 0.2) is 0 Å². The lowest BCUT2D eigenvalue weighted by atomic mass is 9.69. The number of terminal acetylenes is 1. The van der Waals surface area contributed by atoms with Crippen LogP contribution in [0.15, 0.2) is 12.4 Å². The molecule has 1 aliphatic heterocycles. The summed E-state index contributed by atoms with van der Waals surface area (Å²) < 4.78 is 0. The van der Waals surface area contributed by atoms with E-state index >= 15 is 0 Å². The molecule has 0 N–H and O–H groups in total. The third kappa shape index (κ3) is 1.61. The van der Waals surface area contributed by atoms with Crippen molar-refractivity contribution in [2.24, 2.45) is 11.3 Å². The minimum atomic E-state index is -0.346. The van der Waals surface area contributed by atoms with Gasteiger partial charge in [0, 0.05) is 35.8 Å². The molecule has 0 radical (unpaired) electrons. The van der Waals surface area contributed by atoms with Crippen molar-refractivity contribution in [3.8, 4) is 12.3 Å². The van der Waals surface area contributed by atoms with Crippen molar-refractivity contribution in [2.45, 2.75) is 39.7 Å². The second-order valence-electron chi connectivity index (χ2n) is 6.99. The molecule has 1 saturated heterocycles. The highest BCUT2D eigenvalue weighted by molar-refractivity contribution is 5.83. The fourth-order valence-electron chi connectivity index (χ4n) is 3.60. The third-order valence-corrected chi connectivity index (χ3v) is 4.50. The molecule has 0 aromatic carbocycles. The van der Waals surface area contributed by atoms with Gasteiger partial charge in [-0.05, 0) is 17.0 Å². The first-order chi connectivity index (χ1) is 9.36. The molecule has 1 aliphatic carbocycles. The Morgan fingerprint density at radius 3 is 2.75 bits per heavy atom. The van der Waals surface area contributed by atoms with E-state index in [1.165, 1.54) is 5.56 Å². The molecule has 3 heteroatoms.